The molecule has 0 aromatic heterocycles. The summed E-state index contributed by atoms with van der Waals surface area (Å²) in [7, 11) is 0. The van der Waals surface area contributed by atoms with Crippen molar-refractivity contribution in [2.45, 2.75) is 77.5 Å². The summed E-state index contributed by atoms with van der Waals surface area (Å²) in [6, 6.07) is 0.501. The Labute approximate surface area is 113 Å². The lowest BCUT2D eigenvalue weighted by molar-refractivity contribution is 0.0277. The van der Waals surface area contributed by atoms with Crippen LogP contribution in [0, 0.1) is 0 Å². The Morgan fingerprint density at radius 3 is 2.72 bits per heavy atom. The molecule has 108 valence electrons. The molecule has 1 saturated heterocycles. The molecule has 0 bridgehead atoms. The van der Waals surface area contributed by atoms with Crippen LogP contribution in [0.3, 0.4) is 0 Å². The molecule has 1 aliphatic heterocycles. The Hall–Kier alpha value is -0.120. The average Bonchev–Trinajstić information content (AvgIpc) is 2.88. The van der Waals surface area contributed by atoms with Gasteiger partial charge in [0.05, 0.1) is 12.2 Å². The van der Waals surface area contributed by atoms with E-state index < -0.39 is 0 Å². The van der Waals surface area contributed by atoms with E-state index in [-0.39, 0.29) is 0 Å². The third kappa shape index (κ3) is 5.68. The van der Waals surface area contributed by atoms with Crippen molar-refractivity contribution in [2.24, 2.45) is 0 Å². The molecule has 0 spiro atoms. The second-order valence-corrected chi connectivity index (χ2v) is 5.13. The van der Waals surface area contributed by atoms with Crippen LogP contribution in [-0.2, 0) is 9.47 Å². The first-order valence-corrected chi connectivity index (χ1v) is 7.78. The zero-order valence-corrected chi connectivity index (χ0v) is 12.4. The highest BCUT2D eigenvalue weighted by molar-refractivity contribution is 4.77. The molecule has 0 saturated carbocycles. The highest BCUT2D eigenvalue weighted by Gasteiger charge is 2.20. The fourth-order valence-corrected chi connectivity index (χ4v) is 2.85. The van der Waals surface area contributed by atoms with Gasteiger partial charge in [-0.1, -0.05) is 13.8 Å². The van der Waals surface area contributed by atoms with Crippen molar-refractivity contribution in [1.29, 1.82) is 0 Å². The molecule has 1 aliphatic rings. The van der Waals surface area contributed by atoms with Gasteiger partial charge in [0.25, 0.3) is 0 Å². The fourth-order valence-electron chi connectivity index (χ4n) is 2.85. The monoisotopic (exact) mass is 257 g/mol. The van der Waals surface area contributed by atoms with Crippen LogP contribution in [0.4, 0.5) is 0 Å². The number of likely N-dealkylation sites (N-methyl/N-ethyl adjacent to an activating group) is 1. The molecule has 0 amide bonds. The number of hydrogen-bond acceptors (Lipinski definition) is 3. The van der Waals surface area contributed by atoms with E-state index in [0.717, 1.165) is 26.2 Å². The van der Waals surface area contributed by atoms with E-state index >= 15 is 0 Å². The Kier molecular flexibility index (Phi) is 8.64. The molecule has 1 fully saturated rings. The highest BCUT2D eigenvalue weighted by Crippen LogP contribution is 2.19. The summed E-state index contributed by atoms with van der Waals surface area (Å²) in [5.74, 6) is 0. The maximum Gasteiger partial charge on any atom is 0.0725 e. The van der Waals surface area contributed by atoms with Crippen molar-refractivity contribution in [1.82, 2.24) is 5.32 Å². The molecule has 1 heterocycles. The first kappa shape index (κ1) is 15.9. The largest absolute Gasteiger partial charge is 0.378 e. The first-order valence-electron chi connectivity index (χ1n) is 7.78. The standard InChI is InChI=1S/C15H31NO2/c1-4-15(17-6-3)14(16-5-2)11-7-9-13-10-8-12-18-13/h13-16H,4-12H2,1-3H3. The molecule has 1 rings (SSSR count). The van der Waals surface area contributed by atoms with Gasteiger partial charge < -0.3 is 14.8 Å². The van der Waals surface area contributed by atoms with Gasteiger partial charge in [0.2, 0.25) is 0 Å². The van der Waals surface area contributed by atoms with Gasteiger partial charge in [0.15, 0.2) is 0 Å². The van der Waals surface area contributed by atoms with Crippen LogP contribution in [0.2, 0.25) is 0 Å². The lowest BCUT2D eigenvalue weighted by atomic mass is 9.99. The van der Waals surface area contributed by atoms with Crippen molar-refractivity contribution < 1.29 is 9.47 Å². The Morgan fingerprint density at radius 1 is 1.33 bits per heavy atom. The minimum Gasteiger partial charge on any atom is -0.378 e. The van der Waals surface area contributed by atoms with Crippen LogP contribution in [0.1, 0.15) is 59.3 Å². The van der Waals surface area contributed by atoms with E-state index in [1.807, 2.05) is 0 Å². The van der Waals surface area contributed by atoms with Crippen molar-refractivity contribution in [3.8, 4) is 0 Å². The molecule has 0 aromatic rings. The Bertz CT molecular complexity index is 193. The molecule has 0 radical (unpaired) electrons. The molecular formula is C15H31NO2. The van der Waals surface area contributed by atoms with E-state index in [1.165, 1.54) is 32.1 Å². The summed E-state index contributed by atoms with van der Waals surface area (Å²) in [6.07, 6.45) is 8.14. The van der Waals surface area contributed by atoms with Gasteiger partial charge in [0.1, 0.15) is 0 Å². The first-order chi connectivity index (χ1) is 8.81. The van der Waals surface area contributed by atoms with E-state index in [2.05, 4.69) is 26.1 Å². The summed E-state index contributed by atoms with van der Waals surface area (Å²) in [5, 5.41) is 3.58. The van der Waals surface area contributed by atoms with Crippen molar-refractivity contribution in [2.75, 3.05) is 19.8 Å². The van der Waals surface area contributed by atoms with Crippen LogP contribution in [0.5, 0.6) is 0 Å². The van der Waals surface area contributed by atoms with Crippen LogP contribution < -0.4 is 5.32 Å². The molecule has 0 aliphatic carbocycles. The topological polar surface area (TPSA) is 30.5 Å². The third-order valence-electron chi connectivity index (χ3n) is 3.76. The SMILES string of the molecule is CCNC(CCCC1CCCO1)C(CC)OCC. The van der Waals surface area contributed by atoms with Crippen LogP contribution in [0.15, 0.2) is 0 Å². The van der Waals surface area contributed by atoms with Gasteiger partial charge in [-0.3, -0.25) is 0 Å². The fraction of sp³-hybridized carbons (Fsp3) is 1.00. The zero-order chi connectivity index (χ0) is 13.2. The van der Waals surface area contributed by atoms with Gasteiger partial charge in [-0.15, -0.1) is 0 Å². The summed E-state index contributed by atoms with van der Waals surface area (Å²) < 4.78 is 11.5. The van der Waals surface area contributed by atoms with E-state index in [9.17, 15) is 0 Å². The van der Waals surface area contributed by atoms with Crippen LogP contribution in [-0.4, -0.2) is 38.0 Å². The smallest absolute Gasteiger partial charge is 0.0725 e. The van der Waals surface area contributed by atoms with Crippen LogP contribution >= 0.6 is 0 Å². The summed E-state index contributed by atoms with van der Waals surface area (Å²) in [4.78, 5) is 0. The van der Waals surface area contributed by atoms with Crippen molar-refractivity contribution in [3.63, 3.8) is 0 Å². The molecule has 3 nitrogen and oxygen atoms in total. The van der Waals surface area contributed by atoms with Gasteiger partial charge in [-0.05, 0) is 52.0 Å². The summed E-state index contributed by atoms with van der Waals surface area (Å²) in [6.45, 7) is 9.27. The molecule has 3 heteroatoms. The second-order valence-electron chi connectivity index (χ2n) is 5.13. The lowest BCUT2D eigenvalue weighted by Crippen LogP contribution is -2.41. The molecule has 1 N–H and O–H groups in total. The number of ether oxygens (including phenoxy) is 2. The van der Waals surface area contributed by atoms with Gasteiger partial charge in [-0.2, -0.15) is 0 Å². The van der Waals surface area contributed by atoms with Crippen molar-refractivity contribution in [3.05, 3.63) is 0 Å². The van der Waals surface area contributed by atoms with E-state index in [4.69, 9.17) is 9.47 Å². The van der Waals surface area contributed by atoms with E-state index in [1.54, 1.807) is 0 Å². The summed E-state index contributed by atoms with van der Waals surface area (Å²) in [5.41, 5.74) is 0. The zero-order valence-electron chi connectivity index (χ0n) is 12.4. The van der Waals surface area contributed by atoms with Crippen LogP contribution in [0.25, 0.3) is 0 Å². The second kappa shape index (κ2) is 9.76. The summed E-state index contributed by atoms with van der Waals surface area (Å²) >= 11 is 0. The Balaban J connectivity index is 2.26. The van der Waals surface area contributed by atoms with Gasteiger partial charge in [0, 0.05) is 19.3 Å². The Morgan fingerprint density at radius 2 is 2.17 bits per heavy atom. The minimum atomic E-state index is 0.361. The normalized spacial score (nSPS) is 23.2. The highest BCUT2D eigenvalue weighted by atomic mass is 16.5. The average molecular weight is 257 g/mol. The molecule has 0 aromatic carbocycles. The quantitative estimate of drug-likeness (QED) is 0.652. The predicted octanol–water partition coefficient (Wildman–Crippen LogP) is 3.13. The minimum absolute atomic E-state index is 0.361. The van der Waals surface area contributed by atoms with Gasteiger partial charge >= 0.3 is 0 Å². The molecule has 3 unspecified atom stereocenters. The number of rotatable bonds is 10. The van der Waals surface area contributed by atoms with Gasteiger partial charge in [-0.25, -0.2) is 0 Å². The predicted molar refractivity (Wildman–Crippen MR) is 76.0 cm³/mol. The maximum atomic E-state index is 5.83. The third-order valence-corrected chi connectivity index (χ3v) is 3.76. The number of hydrogen-bond donors (Lipinski definition) is 1. The van der Waals surface area contributed by atoms with Crippen molar-refractivity contribution >= 4 is 0 Å². The van der Waals surface area contributed by atoms with E-state index in [0.29, 0.717) is 18.2 Å². The lowest BCUT2D eigenvalue weighted by Gasteiger charge is -2.27. The maximum absolute atomic E-state index is 5.83. The molecule has 18 heavy (non-hydrogen) atoms. The molecule has 3 atom stereocenters. The number of nitrogens with one attached hydrogen (secondary N) is 1. The molecular weight excluding hydrogens is 226 g/mol.